The minimum atomic E-state index is 0.270. The first-order valence-corrected chi connectivity index (χ1v) is 8.82. The van der Waals surface area contributed by atoms with Crippen LogP contribution in [0.4, 0.5) is 5.95 Å². The highest BCUT2D eigenvalue weighted by atomic mass is 32.1. The number of thiazole rings is 1. The van der Waals surface area contributed by atoms with Crippen molar-refractivity contribution in [3.8, 4) is 0 Å². The van der Waals surface area contributed by atoms with Crippen molar-refractivity contribution in [1.29, 1.82) is 0 Å². The lowest BCUT2D eigenvalue weighted by molar-refractivity contribution is 0.629. The predicted octanol–water partition coefficient (Wildman–Crippen LogP) is 3.36. The van der Waals surface area contributed by atoms with Gasteiger partial charge in [-0.15, -0.1) is 11.3 Å². The minimum Gasteiger partial charge on any atom is -0.357 e. The molecule has 3 heterocycles. The van der Waals surface area contributed by atoms with Gasteiger partial charge in [-0.1, -0.05) is 12.1 Å². The van der Waals surface area contributed by atoms with Crippen molar-refractivity contribution in [3.63, 3.8) is 0 Å². The van der Waals surface area contributed by atoms with Crippen molar-refractivity contribution in [1.82, 2.24) is 20.3 Å². The van der Waals surface area contributed by atoms with E-state index in [2.05, 4.69) is 56.8 Å². The van der Waals surface area contributed by atoms with E-state index in [1.165, 1.54) is 15.8 Å². The van der Waals surface area contributed by atoms with Gasteiger partial charge >= 0.3 is 0 Å². The number of anilines is 1. The number of aryl methyl sites for hydroxylation is 1. The summed E-state index contributed by atoms with van der Waals surface area (Å²) in [6.45, 7) is 4.94. The second kappa shape index (κ2) is 5.96. The van der Waals surface area contributed by atoms with E-state index in [0.29, 0.717) is 5.95 Å². The van der Waals surface area contributed by atoms with Crippen LogP contribution in [-0.2, 0) is 6.54 Å². The Hall–Kier alpha value is -2.31. The van der Waals surface area contributed by atoms with Gasteiger partial charge < -0.3 is 10.6 Å². The summed E-state index contributed by atoms with van der Waals surface area (Å²) in [6, 6.07) is 6.73. The fourth-order valence-corrected chi connectivity index (χ4v) is 3.88. The van der Waals surface area contributed by atoms with Gasteiger partial charge in [0.05, 0.1) is 20.9 Å². The van der Waals surface area contributed by atoms with Crippen LogP contribution in [0.25, 0.3) is 15.8 Å². The largest absolute Gasteiger partial charge is 0.357 e. The number of nitrogens with one attached hydrogen (secondary N) is 2. The zero-order chi connectivity index (χ0) is 16.7. The highest BCUT2D eigenvalue weighted by molar-refractivity contribution is 7.18. The highest BCUT2D eigenvalue weighted by Gasteiger charge is 2.18. The highest BCUT2D eigenvalue weighted by Crippen LogP contribution is 2.32. The molecule has 3 aromatic rings. The van der Waals surface area contributed by atoms with E-state index in [1.807, 2.05) is 20.2 Å². The molecule has 0 fully saturated rings. The van der Waals surface area contributed by atoms with Gasteiger partial charge in [0, 0.05) is 31.4 Å². The molecule has 122 valence electrons. The Balaban J connectivity index is 1.88. The number of hydrogen-bond acceptors (Lipinski definition) is 6. The average molecular weight is 337 g/mol. The summed E-state index contributed by atoms with van der Waals surface area (Å²) in [4.78, 5) is 13.6. The van der Waals surface area contributed by atoms with E-state index in [0.717, 1.165) is 28.3 Å². The molecule has 0 amide bonds. The summed E-state index contributed by atoms with van der Waals surface area (Å²) in [5.74, 6) is 0.651. The molecule has 1 atom stereocenters. The normalized spacial score (nSPS) is 17.3. The van der Waals surface area contributed by atoms with Gasteiger partial charge in [-0.05, 0) is 37.1 Å². The molecular formula is C18H19N5S. The quantitative estimate of drug-likeness (QED) is 0.751. The lowest BCUT2D eigenvalue weighted by atomic mass is 9.97. The zero-order valence-electron chi connectivity index (χ0n) is 13.9. The Morgan fingerprint density at radius 2 is 2.17 bits per heavy atom. The van der Waals surface area contributed by atoms with Crippen molar-refractivity contribution in [3.05, 3.63) is 52.3 Å². The minimum absolute atomic E-state index is 0.270. The summed E-state index contributed by atoms with van der Waals surface area (Å²) in [5, 5.41) is 7.60. The van der Waals surface area contributed by atoms with E-state index < -0.39 is 0 Å². The average Bonchev–Trinajstić information content (AvgIpc) is 2.88. The first-order valence-electron chi connectivity index (χ1n) is 8.01. The van der Waals surface area contributed by atoms with Crippen molar-refractivity contribution in [2.45, 2.75) is 26.4 Å². The van der Waals surface area contributed by atoms with Crippen LogP contribution in [0.5, 0.6) is 0 Å². The fourth-order valence-electron chi connectivity index (χ4n) is 3.01. The molecule has 1 aliphatic heterocycles. The first-order chi connectivity index (χ1) is 11.6. The van der Waals surface area contributed by atoms with Gasteiger partial charge in [-0.3, -0.25) is 0 Å². The maximum Gasteiger partial charge on any atom is 0.222 e. The zero-order valence-corrected chi connectivity index (χ0v) is 14.7. The second-order valence-electron chi connectivity index (χ2n) is 5.97. The van der Waals surface area contributed by atoms with Crippen LogP contribution in [0.1, 0.15) is 28.8 Å². The molecule has 5 nitrogen and oxygen atoms in total. The predicted molar refractivity (Wildman–Crippen MR) is 99.3 cm³/mol. The van der Waals surface area contributed by atoms with Crippen molar-refractivity contribution in [2.75, 3.05) is 12.4 Å². The van der Waals surface area contributed by atoms with E-state index in [-0.39, 0.29) is 6.04 Å². The third-order valence-electron chi connectivity index (χ3n) is 4.20. The van der Waals surface area contributed by atoms with Crippen molar-refractivity contribution < 1.29 is 0 Å². The third kappa shape index (κ3) is 2.68. The summed E-state index contributed by atoms with van der Waals surface area (Å²) < 4.78 is 1.21. The van der Waals surface area contributed by atoms with E-state index in [9.17, 15) is 0 Å². The molecular weight excluding hydrogens is 318 g/mol. The lowest BCUT2D eigenvalue weighted by Gasteiger charge is -2.11. The van der Waals surface area contributed by atoms with E-state index in [1.54, 1.807) is 11.3 Å². The summed E-state index contributed by atoms with van der Waals surface area (Å²) in [7, 11) is 1.84. The summed E-state index contributed by atoms with van der Waals surface area (Å²) >= 11 is 1.73. The van der Waals surface area contributed by atoms with Crippen molar-refractivity contribution >= 4 is 33.1 Å². The van der Waals surface area contributed by atoms with E-state index >= 15 is 0 Å². The molecule has 0 bridgehead atoms. The maximum atomic E-state index is 4.63. The number of rotatable bonds is 2. The maximum absolute atomic E-state index is 4.63. The molecule has 4 rings (SSSR count). The smallest absolute Gasteiger partial charge is 0.222 e. The Morgan fingerprint density at radius 3 is 3.00 bits per heavy atom. The molecule has 1 aliphatic rings. The van der Waals surface area contributed by atoms with Crippen molar-refractivity contribution in [2.24, 2.45) is 0 Å². The number of nitrogens with zero attached hydrogens (tertiary/aromatic N) is 3. The van der Waals surface area contributed by atoms with Gasteiger partial charge in [0.25, 0.3) is 0 Å². The molecule has 0 spiro atoms. The number of benzene rings is 1. The molecule has 0 saturated carbocycles. The van der Waals surface area contributed by atoms with E-state index in [4.69, 9.17) is 0 Å². The molecule has 0 unspecified atom stereocenters. The van der Waals surface area contributed by atoms with Crippen LogP contribution in [0.3, 0.4) is 0 Å². The van der Waals surface area contributed by atoms with Gasteiger partial charge in [-0.25, -0.2) is 15.0 Å². The molecule has 0 aliphatic carbocycles. The van der Waals surface area contributed by atoms with Gasteiger partial charge in [-0.2, -0.15) is 0 Å². The van der Waals surface area contributed by atoms with Crippen LogP contribution >= 0.6 is 11.3 Å². The summed E-state index contributed by atoms with van der Waals surface area (Å²) in [5.41, 5.74) is 5.53. The first kappa shape index (κ1) is 15.2. The van der Waals surface area contributed by atoms with Gasteiger partial charge in [0.1, 0.15) is 0 Å². The Labute approximate surface area is 144 Å². The van der Waals surface area contributed by atoms with Crippen LogP contribution in [-0.4, -0.2) is 28.0 Å². The van der Waals surface area contributed by atoms with Crippen LogP contribution in [0, 0.1) is 6.92 Å². The van der Waals surface area contributed by atoms with Crippen LogP contribution in [0.2, 0.25) is 0 Å². The summed E-state index contributed by atoms with van der Waals surface area (Å²) in [6.07, 6.45) is 4.17. The molecule has 6 heteroatoms. The molecule has 2 aromatic heterocycles. The third-order valence-corrected chi connectivity index (χ3v) is 5.13. The van der Waals surface area contributed by atoms with Gasteiger partial charge in [0.2, 0.25) is 5.95 Å². The Bertz CT molecular complexity index is 944. The van der Waals surface area contributed by atoms with Crippen LogP contribution < -0.4 is 10.6 Å². The molecule has 2 N–H and O–H groups in total. The standard InChI is InChI=1S/C18H19N5S/c1-10-6-13(12-4-5-15-17(7-12)24-11(2)22-15)14-8-21-18(19-3)23-16(14)9-20-10/h4-8,10,20H,9H2,1-3H3,(H,19,21,23)/t10-/m1/s1. The topological polar surface area (TPSA) is 62.7 Å². The molecule has 0 saturated heterocycles. The second-order valence-corrected chi connectivity index (χ2v) is 7.20. The number of aromatic nitrogens is 3. The number of fused-ring (bicyclic) bond motifs is 2. The molecule has 24 heavy (non-hydrogen) atoms. The Morgan fingerprint density at radius 1 is 1.29 bits per heavy atom. The molecule has 0 radical (unpaired) electrons. The van der Waals surface area contributed by atoms with Gasteiger partial charge in [0.15, 0.2) is 0 Å². The SMILES string of the molecule is CNc1ncc2c(n1)CN[C@H](C)C=C2c1ccc2nc(C)sc2c1. The number of hydrogen-bond donors (Lipinski definition) is 2. The fraction of sp³-hybridized carbons (Fsp3) is 0.278. The monoisotopic (exact) mass is 337 g/mol. The van der Waals surface area contributed by atoms with Crippen LogP contribution in [0.15, 0.2) is 30.5 Å². The molecule has 1 aromatic carbocycles. The Kier molecular flexibility index (Phi) is 3.78. The lowest BCUT2D eigenvalue weighted by Crippen LogP contribution is -2.22.